The first-order valence-corrected chi connectivity index (χ1v) is 8.84. The molecule has 124 valence electrons. The standard InChI is InChI=1S/C21H30N2/c1-5-14-9-16(7-3)20(22)18(11-14)13-19-12-15(6-2)10-17(8-4)21(19)23/h9-12H,5-8,13,22-23H2,1-4H3. The predicted octanol–water partition coefficient (Wildman–Crippen LogP) is 4.69. The SMILES string of the molecule is CCc1cc(CC)c(N)c(Cc2cc(CC)cc(CC)c2N)c1. The van der Waals surface area contributed by atoms with Crippen molar-refractivity contribution in [2.45, 2.75) is 59.8 Å². The van der Waals surface area contributed by atoms with Gasteiger partial charge in [-0.3, -0.25) is 0 Å². The van der Waals surface area contributed by atoms with Crippen LogP contribution in [0.3, 0.4) is 0 Å². The Morgan fingerprint density at radius 1 is 0.565 bits per heavy atom. The zero-order valence-electron chi connectivity index (χ0n) is 15.0. The predicted molar refractivity (Wildman–Crippen MR) is 102 cm³/mol. The summed E-state index contributed by atoms with van der Waals surface area (Å²) in [5.74, 6) is 0. The molecule has 0 unspecified atom stereocenters. The van der Waals surface area contributed by atoms with Crippen molar-refractivity contribution in [1.82, 2.24) is 0 Å². The molecule has 0 radical (unpaired) electrons. The van der Waals surface area contributed by atoms with Gasteiger partial charge >= 0.3 is 0 Å². The summed E-state index contributed by atoms with van der Waals surface area (Å²) in [4.78, 5) is 0. The molecular formula is C21H30N2. The smallest absolute Gasteiger partial charge is 0.0382 e. The Hall–Kier alpha value is -1.96. The second kappa shape index (κ2) is 7.54. The summed E-state index contributed by atoms with van der Waals surface area (Å²) < 4.78 is 0. The van der Waals surface area contributed by atoms with Crippen molar-refractivity contribution in [3.63, 3.8) is 0 Å². The van der Waals surface area contributed by atoms with Crippen LogP contribution in [-0.2, 0) is 32.1 Å². The van der Waals surface area contributed by atoms with Gasteiger partial charge in [-0.05, 0) is 59.1 Å². The van der Waals surface area contributed by atoms with Gasteiger partial charge < -0.3 is 11.5 Å². The maximum atomic E-state index is 6.42. The molecule has 0 aliphatic heterocycles. The van der Waals surface area contributed by atoms with E-state index in [2.05, 4.69) is 52.0 Å². The molecule has 0 aliphatic carbocycles. The number of benzene rings is 2. The van der Waals surface area contributed by atoms with Gasteiger partial charge in [-0.1, -0.05) is 52.0 Å². The molecule has 0 fully saturated rings. The molecule has 0 saturated heterocycles. The summed E-state index contributed by atoms with van der Waals surface area (Å²) in [6.07, 6.45) is 4.82. The van der Waals surface area contributed by atoms with Crippen molar-refractivity contribution in [3.8, 4) is 0 Å². The van der Waals surface area contributed by atoms with E-state index in [0.29, 0.717) is 0 Å². The van der Waals surface area contributed by atoms with E-state index < -0.39 is 0 Å². The van der Waals surface area contributed by atoms with E-state index >= 15 is 0 Å². The molecule has 2 aromatic rings. The van der Waals surface area contributed by atoms with Crippen LogP contribution in [0.2, 0.25) is 0 Å². The monoisotopic (exact) mass is 310 g/mol. The molecule has 0 atom stereocenters. The minimum Gasteiger partial charge on any atom is -0.398 e. The lowest BCUT2D eigenvalue weighted by molar-refractivity contribution is 1.04. The van der Waals surface area contributed by atoms with Gasteiger partial charge in [0.25, 0.3) is 0 Å². The maximum absolute atomic E-state index is 6.42. The van der Waals surface area contributed by atoms with Gasteiger partial charge in [-0.25, -0.2) is 0 Å². The van der Waals surface area contributed by atoms with Gasteiger partial charge in [-0.2, -0.15) is 0 Å². The summed E-state index contributed by atoms with van der Waals surface area (Å²) in [5, 5.41) is 0. The van der Waals surface area contributed by atoms with Crippen molar-refractivity contribution in [1.29, 1.82) is 0 Å². The topological polar surface area (TPSA) is 52.0 Å². The summed E-state index contributed by atoms with van der Waals surface area (Å²) >= 11 is 0. The highest BCUT2D eigenvalue weighted by Crippen LogP contribution is 2.28. The lowest BCUT2D eigenvalue weighted by atomic mass is 9.92. The maximum Gasteiger partial charge on any atom is 0.0382 e. The third-order valence-corrected chi connectivity index (χ3v) is 4.78. The zero-order chi connectivity index (χ0) is 17.0. The van der Waals surface area contributed by atoms with Gasteiger partial charge in [0, 0.05) is 17.8 Å². The van der Waals surface area contributed by atoms with Crippen molar-refractivity contribution in [3.05, 3.63) is 57.6 Å². The van der Waals surface area contributed by atoms with E-state index in [1.807, 2.05) is 0 Å². The van der Waals surface area contributed by atoms with Gasteiger partial charge in [0.1, 0.15) is 0 Å². The number of hydrogen-bond acceptors (Lipinski definition) is 2. The summed E-state index contributed by atoms with van der Waals surface area (Å²) in [6.45, 7) is 8.71. The minimum absolute atomic E-state index is 0.819. The van der Waals surface area contributed by atoms with Crippen LogP contribution >= 0.6 is 0 Å². The van der Waals surface area contributed by atoms with Gasteiger partial charge in [-0.15, -0.1) is 0 Å². The normalized spacial score (nSPS) is 11.0. The fraction of sp³-hybridized carbons (Fsp3) is 0.429. The third kappa shape index (κ3) is 3.69. The van der Waals surface area contributed by atoms with Crippen LogP contribution in [0.1, 0.15) is 61.1 Å². The van der Waals surface area contributed by atoms with Crippen LogP contribution < -0.4 is 11.5 Å². The van der Waals surface area contributed by atoms with Gasteiger partial charge in [0.2, 0.25) is 0 Å². The van der Waals surface area contributed by atoms with E-state index in [4.69, 9.17) is 11.5 Å². The van der Waals surface area contributed by atoms with Crippen molar-refractivity contribution in [2.75, 3.05) is 11.5 Å². The lowest BCUT2D eigenvalue weighted by Crippen LogP contribution is -2.06. The van der Waals surface area contributed by atoms with Crippen LogP contribution in [0, 0.1) is 0 Å². The largest absolute Gasteiger partial charge is 0.398 e. The summed E-state index contributed by atoms with van der Waals surface area (Å²) in [6, 6.07) is 8.97. The highest BCUT2D eigenvalue weighted by Gasteiger charge is 2.12. The molecule has 2 heteroatoms. The Balaban J connectivity index is 2.50. The molecule has 2 nitrogen and oxygen atoms in total. The molecule has 0 bridgehead atoms. The fourth-order valence-electron chi connectivity index (χ4n) is 3.19. The number of anilines is 2. The number of nitrogens with two attached hydrogens (primary N) is 2. The van der Waals surface area contributed by atoms with E-state index in [1.165, 1.54) is 33.4 Å². The Labute approximate surface area is 140 Å². The molecule has 0 aliphatic rings. The minimum atomic E-state index is 0.819. The molecule has 2 aromatic carbocycles. The van der Waals surface area contributed by atoms with E-state index in [9.17, 15) is 0 Å². The van der Waals surface area contributed by atoms with Crippen molar-refractivity contribution >= 4 is 11.4 Å². The highest BCUT2D eigenvalue weighted by atomic mass is 14.6. The molecule has 0 heterocycles. The van der Waals surface area contributed by atoms with E-state index in [1.54, 1.807) is 0 Å². The highest BCUT2D eigenvalue weighted by molar-refractivity contribution is 5.62. The van der Waals surface area contributed by atoms with Gasteiger partial charge in [0.05, 0.1) is 0 Å². The molecule has 0 amide bonds. The lowest BCUT2D eigenvalue weighted by Gasteiger charge is -2.16. The summed E-state index contributed by atoms with van der Waals surface area (Å²) in [5.41, 5.74) is 22.3. The molecule has 0 saturated carbocycles. The Bertz CT molecular complexity index is 627. The number of hydrogen-bond donors (Lipinski definition) is 2. The van der Waals surface area contributed by atoms with Crippen molar-refractivity contribution < 1.29 is 0 Å². The average Bonchev–Trinajstić information content (AvgIpc) is 2.58. The molecule has 2 rings (SSSR count). The molecule has 23 heavy (non-hydrogen) atoms. The van der Waals surface area contributed by atoms with Crippen molar-refractivity contribution in [2.24, 2.45) is 0 Å². The van der Waals surface area contributed by atoms with Gasteiger partial charge in [0.15, 0.2) is 0 Å². The van der Waals surface area contributed by atoms with E-state index in [-0.39, 0.29) is 0 Å². The third-order valence-electron chi connectivity index (χ3n) is 4.78. The van der Waals surface area contributed by atoms with Crippen LogP contribution in [0.25, 0.3) is 0 Å². The molecular weight excluding hydrogens is 280 g/mol. The molecule has 0 spiro atoms. The summed E-state index contributed by atoms with van der Waals surface area (Å²) in [7, 11) is 0. The Morgan fingerprint density at radius 3 is 1.22 bits per heavy atom. The zero-order valence-corrected chi connectivity index (χ0v) is 15.0. The molecule has 4 N–H and O–H groups in total. The first-order valence-electron chi connectivity index (χ1n) is 8.84. The first-order chi connectivity index (χ1) is 11.0. The van der Waals surface area contributed by atoms with E-state index in [0.717, 1.165) is 43.5 Å². The number of nitrogen functional groups attached to an aromatic ring is 2. The number of rotatable bonds is 6. The molecule has 0 aromatic heterocycles. The average molecular weight is 310 g/mol. The fourth-order valence-corrected chi connectivity index (χ4v) is 3.19. The van der Waals surface area contributed by atoms with Crippen LogP contribution in [0.5, 0.6) is 0 Å². The second-order valence-corrected chi connectivity index (χ2v) is 6.25. The Kier molecular flexibility index (Phi) is 5.70. The quantitative estimate of drug-likeness (QED) is 0.760. The van der Waals surface area contributed by atoms with Crippen LogP contribution in [0.4, 0.5) is 11.4 Å². The van der Waals surface area contributed by atoms with Crippen LogP contribution in [0.15, 0.2) is 24.3 Å². The van der Waals surface area contributed by atoms with Crippen LogP contribution in [-0.4, -0.2) is 0 Å². The Morgan fingerprint density at radius 2 is 0.913 bits per heavy atom. The first kappa shape index (κ1) is 17.4. The number of aryl methyl sites for hydroxylation is 4. The second-order valence-electron chi connectivity index (χ2n) is 6.25.